The number of fused-ring (bicyclic) bond motifs is 1. The standard InChI is InChI=1S/C25H24O2/c1-4-11-19(12-5-1)25(20-13-6-2-7-14-20,21-15-8-3-9-16-21)27-23-18-10-17-22-24(23)26-22/h1-9,11-16,22-24H,10,17-18H2/t22-,23-,24?/m1/s1. The van der Waals surface area contributed by atoms with E-state index < -0.39 is 5.60 Å². The summed E-state index contributed by atoms with van der Waals surface area (Å²) in [4.78, 5) is 0. The Morgan fingerprint density at radius 1 is 0.667 bits per heavy atom. The third kappa shape index (κ3) is 2.99. The van der Waals surface area contributed by atoms with Crippen molar-refractivity contribution in [3.05, 3.63) is 108 Å². The first-order chi connectivity index (χ1) is 13.4. The van der Waals surface area contributed by atoms with Crippen molar-refractivity contribution in [3.8, 4) is 0 Å². The van der Waals surface area contributed by atoms with Crippen LogP contribution >= 0.6 is 0 Å². The fourth-order valence-corrected chi connectivity index (χ4v) is 4.48. The highest BCUT2D eigenvalue weighted by molar-refractivity contribution is 5.47. The summed E-state index contributed by atoms with van der Waals surface area (Å²) >= 11 is 0. The quantitative estimate of drug-likeness (QED) is 0.456. The molecule has 0 amide bonds. The highest BCUT2D eigenvalue weighted by Gasteiger charge is 2.51. The summed E-state index contributed by atoms with van der Waals surface area (Å²) in [5, 5.41) is 0. The Hall–Kier alpha value is -2.42. The summed E-state index contributed by atoms with van der Waals surface area (Å²) in [5.41, 5.74) is 2.84. The molecule has 0 N–H and O–H groups in total. The van der Waals surface area contributed by atoms with Gasteiger partial charge in [-0.15, -0.1) is 0 Å². The van der Waals surface area contributed by atoms with Crippen molar-refractivity contribution in [2.45, 2.75) is 43.2 Å². The normalized spacial score (nSPS) is 24.2. The average molecular weight is 356 g/mol. The van der Waals surface area contributed by atoms with Crippen LogP contribution in [0.5, 0.6) is 0 Å². The second-order valence-corrected chi connectivity index (χ2v) is 7.51. The number of hydrogen-bond acceptors (Lipinski definition) is 2. The van der Waals surface area contributed by atoms with Crippen LogP contribution in [0.4, 0.5) is 0 Å². The number of hydrogen-bond donors (Lipinski definition) is 0. The molecule has 1 aliphatic heterocycles. The summed E-state index contributed by atoms with van der Waals surface area (Å²) in [5.74, 6) is 0. The Morgan fingerprint density at radius 3 is 1.63 bits per heavy atom. The van der Waals surface area contributed by atoms with Crippen molar-refractivity contribution in [3.63, 3.8) is 0 Å². The minimum absolute atomic E-state index is 0.115. The zero-order valence-electron chi connectivity index (χ0n) is 15.3. The fraction of sp³-hybridized carbons (Fsp3) is 0.280. The van der Waals surface area contributed by atoms with Gasteiger partial charge in [-0.05, 0) is 36.0 Å². The van der Waals surface area contributed by atoms with Gasteiger partial charge in [-0.1, -0.05) is 91.0 Å². The summed E-state index contributed by atoms with van der Waals surface area (Å²) < 4.78 is 13.0. The molecule has 0 spiro atoms. The molecule has 2 nitrogen and oxygen atoms in total. The summed E-state index contributed by atoms with van der Waals surface area (Å²) in [7, 11) is 0. The van der Waals surface area contributed by atoms with Crippen LogP contribution in [0.15, 0.2) is 91.0 Å². The molecule has 1 saturated carbocycles. The zero-order chi connectivity index (χ0) is 18.1. The smallest absolute Gasteiger partial charge is 0.144 e. The van der Waals surface area contributed by atoms with Crippen LogP contribution < -0.4 is 0 Å². The van der Waals surface area contributed by atoms with Crippen LogP contribution in [0.3, 0.4) is 0 Å². The van der Waals surface area contributed by atoms with Crippen LogP contribution in [0, 0.1) is 0 Å². The van der Waals surface area contributed by atoms with E-state index >= 15 is 0 Å². The van der Waals surface area contributed by atoms with E-state index in [0.29, 0.717) is 6.10 Å². The van der Waals surface area contributed by atoms with Gasteiger partial charge in [-0.3, -0.25) is 0 Å². The van der Waals surface area contributed by atoms with E-state index in [-0.39, 0.29) is 12.2 Å². The molecule has 0 aromatic heterocycles. The maximum Gasteiger partial charge on any atom is 0.144 e. The molecule has 1 heterocycles. The van der Waals surface area contributed by atoms with E-state index in [1.807, 2.05) is 0 Å². The van der Waals surface area contributed by atoms with Crippen LogP contribution in [0.25, 0.3) is 0 Å². The van der Waals surface area contributed by atoms with Crippen LogP contribution in [0.2, 0.25) is 0 Å². The predicted octanol–water partition coefficient (Wildman–Crippen LogP) is 5.32. The molecule has 0 radical (unpaired) electrons. The minimum Gasteiger partial charge on any atom is -0.367 e. The van der Waals surface area contributed by atoms with Gasteiger partial charge in [0.15, 0.2) is 0 Å². The van der Waals surface area contributed by atoms with Crippen molar-refractivity contribution >= 4 is 0 Å². The van der Waals surface area contributed by atoms with E-state index in [4.69, 9.17) is 9.47 Å². The minimum atomic E-state index is -0.637. The topological polar surface area (TPSA) is 21.8 Å². The largest absolute Gasteiger partial charge is 0.367 e. The highest BCUT2D eigenvalue weighted by atomic mass is 16.6. The molecule has 27 heavy (non-hydrogen) atoms. The maximum absolute atomic E-state index is 7.07. The summed E-state index contributed by atoms with van der Waals surface area (Å²) in [6.45, 7) is 0. The van der Waals surface area contributed by atoms with Crippen molar-refractivity contribution in [1.29, 1.82) is 0 Å². The molecule has 1 aliphatic carbocycles. The third-order valence-electron chi connectivity index (χ3n) is 5.83. The Morgan fingerprint density at radius 2 is 1.15 bits per heavy atom. The second-order valence-electron chi connectivity index (χ2n) is 7.51. The highest BCUT2D eigenvalue weighted by Crippen LogP contribution is 2.46. The zero-order valence-corrected chi connectivity index (χ0v) is 15.3. The lowest BCUT2D eigenvalue weighted by Gasteiger charge is -2.39. The molecule has 1 saturated heterocycles. The van der Waals surface area contributed by atoms with Crippen molar-refractivity contribution in [2.24, 2.45) is 0 Å². The van der Waals surface area contributed by atoms with Gasteiger partial charge in [-0.2, -0.15) is 0 Å². The lowest BCUT2D eigenvalue weighted by Crippen LogP contribution is -2.40. The van der Waals surface area contributed by atoms with Gasteiger partial charge >= 0.3 is 0 Å². The first-order valence-corrected chi connectivity index (χ1v) is 9.88. The van der Waals surface area contributed by atoms with Gasteiger partial charge in [0.1, 0.15) is 11.7 Å². The molecule has 3 aromatic carbocycles. The molecular formula is C25H24O2. The Kier molecular flexibility index (Phi) is 4.31. The van der Waals surface area contributed by atoms with Crippen LogP contribution in [-0.4, -0.2) is 18.3 Å². The number of epoxide rings is 1. The first kappa shape index (κ1) is 16.7. The molecule has 136 valence electrons. The lowest BCUT2D eigenvalue weighted by atomic mass is 9.79. The molecule has 0 bridgehead atoms. The molecule has 2 heteroatoms. The Bertz CT molecular complexity index is 779. The maximum atomic E-state index is 7.07. The molecule has 5 rings (SSSR count). The van der Waals surface area contributed by atoms with Crippen LogP contribution in [-0.2, 0) is 15.1 Å². The molecule has 2 fully saturated rings. The van der Waals surface area contributed by atoms with Gasteiger partial charge in [0.25, 0.3) is 0 Å². The van der Waals surface area contributed by atoms with E-state index in [1.54, 1.807) is 0 Å². The van der Waals surface area contributed by atoms with E-state index in [9.17, 15) is 0 Å². The van der Waals surface area contributed by atoms with Gasteiger partial charge in [-0.25, -0.2) is 0 Å². The molecule has 1 unspecified atom stereocenters. The van der Waals surface area contributed by atoms with Gasteiger partial charge in [0.05, 0.1) is 12.2 Å². The summed E-state index contributed by atoms with van der Waals surface area (Å²) in [6, 6.07) is 31.8. The number of rotatable bonds is 5. The van der Waals surface area contributed by atoms with Gasteiger partial charge in [0.2, 0.25) is 0 Å². The van der Waals surface area contributed by atoms with Crippen LogP contribution in [0.1, 0.15) is 36.0 Å². The van der Waals surface area contributed by atoms with E-state index in [1.165, 1.54) is 12.8 Å². The average Bonchev–Trinajstić information content (AvgIpc) is 3.55. The number of ether oxygens (including phenoxy) is 2. The SMILES string of the molecule is c1ccc(C(O[C@@H]2CCC[C@H]3OC32)(c2ccccc2)c2ccccc2)cc1. The summed E-state index contributed by atoms with van der Waals surface area (Å²) in [6.07, 6.45) is 4.14. The molecule has 2 aliphatic rings. The van der Waals surface area contributed by atoms with Crippen molar-refractivity contribution in [1.82, 2.24) is 0 Å². The molecule has 3 atom stereocenters. The number of benzene rings is 3. The third-order valence-corrected chi connectivity index (χ3v) is 5.83. The van der Waals surface area contributed by atoms with Gasteiger partial charge in [0, 0.05) is 0 Å². The van der Waals surface area contributed by atoms with Gasteiger partial charge < -0.3 is 9.47 Å². The lowest BCUT2D eigenvalue weighted by molar-refractivity contribution is -0.0646. The predicted molar refractivity (Wildman–Crippen MR) is 107 cm³/mol. The van der Waals surface area contributed by atoms with E-state index in [0.717, 1.165) is 23.1 Å². The monoisotopic (exact) mass is 356 g/mol. The first-order valence-electron chi connectivity index (χ1n) is 9.88. The van der Waals surface area contributed by atoms with E-state index in [2.05, 4.69) is 91.0 Å². The van der Waals surface area contributed by atoms with Crippen molar-refractivity contribution < 1.29 is 9.47 Å². The fourth-order valence-electron chi connectivity index (χ4n) is 4.48. The molecule has 3 aromatic rings. The molecular weight excluding hydrogens is 332 g/mol. The second kappa shape index (κ2) is 6.95. The Labute approximate surface area is 160 Å². The Balaban J connectivity index is 1.69. The van der Waals surface area contributed by atoms with Crippen molar-refractivity contribution in [2.75, 3.05) is 0 Å².